The van der Waals surface area contributed by atoms with Gasteiger partial charge in [0.1, 0.15) is 18.3 Å². The van der Waals surface area contributed by atoms with Crippen molar-refractivity contribution in [1.82, 2.24) is 0 Å². The molecule has 0 aliphatic heterocycles. The van der Waals surface area contributed by atoms with Gasteiger partial charge >= 0.3 is 5.97 Å². The lowest BCUT2D eigenvalue weighted by atomic mass is 10.2. The Morgan fingerprint density at radius 2 is 1.88 bits per heavy atom. The molecule has 0 aromatic heterocycles. The van der Waals surface area contributed by atoms with Crippen LogP contribution < -0.4 is 4.74 Å². The molecule has 1 unspecified atom stereocenters. The molecule has 0 bridgehead atoms. The third-order valence-corrected chi connectivity index (χ3v) is 2.56. The van der Waals surface area contributed by atoms with Gasteiger partial charge in [0, 0.05) is 0 Å². The number of hydrogen-bond donors (Lipinski definition) is 0. The maximum Gasteiger partial charge on any atom is 0.317 e. The van der Waals surface area contributed by atoms with Crippen LogP contribution in [0.2, 0.25) is 0 Å². The van der Waals surface area contributed by atoms with Crippen molar-refractivity contribution in [3.8, 4) is 5.75 Å². The average Bonchev–Trinajstić information content (AvgIpc) is 2.35. The molecule has 0 radical (unpaired) electrons. The lowest BCUT2D eigenvalue weighted by Crippen LogP contribution is -2.19. The lowest BCUT2D eigenvalue weighted by Gasteiger charge is -2.08. The molecule has 17 heavy (non-hydrogen) atoms. The summed E-state index contributed by atoms with van der Waals surface area (Å²) < 4.78 is 9.93. The molecule has 4 nitrogen and oxygen atoms in total. The van der Waals surface area contributed by atoms with Crippen molar-refractivity contribution in [2.45, 2.75) is 13.5 Å². The molecule has 0 aliphatic carbocycles. The number of halogens is 1. The van der Waals surface area contributed by atoms with Crippen LogP contribution in [0.3, 0.4) is 0 Å². The Morgan fingerprint density at radius 3 is 2.35 bits per heavy atom. The summed E-state index contributed by atoms with van der Waals surface area (Å²) in [6.07, 6.45) is 0. The number of hydrogen-bond acceptors (Lipinski definition) is 4. The Bertz CT molecular complexity index is 399. The first-order valence-electron chi connectivity index (χ1n) is 5.03. The third kappa shape index (κ3) is 4.07. The number of esters is 1. The predicted molar refractivity (Wildman–Crippen MR) is 62.8 cm³/mol. The number of rotatable bonds is 5. The molecule has 0 aliphatic rings. The second-order valence-electron chi connectivity index (χ2n) is 3.48. The molecule has 0 spiro atoms. The fraction of sp³-hybridized carbons (Fsp3) is 0.333. The van der Waals surface area contributed by atoms with E-state index in [4.69, 9.17) is 21.1 Å². The maximum atomic E-state index is 11.3. The summed E-state index contributed by atoms with van der Waals surface area (Å²) in [5.41, 5.74) is 0.813. The first kappa shape index (κ1) is 13.5. The molecular weight excluding hydrogens is 244 g/mol. The van der Waals surface area contributed by atoms with Crippen molar-refractivity contribution < 1.29 is 19.1 Å². The van der Waals surface area contributed by atoms with E-state index in [-0.39, 0.29) is 6.61 Å². The molecular formula is C12H13ClO4. The minimum atomic E-state index is -0.935. The Balaban J connectivity index is 2.50. The van der Waals surface area contributed by atoms with Crippen LogP contribution in [0.1, 0.15) is 12.5 Å². The molecule has 1 aromatic rings. The zero-order valence-electron chi connectivity index (χ0n) is 9.60. The van der Waals surface area contributed by atoms with E-state index in [1.165, 1.54) is 6.92 Å². The Hall–Kier alpha value is -1.55. The summed E-state index contributed by atoms with van der Waals surface area (Å²) >= 11 is 5.19. The topological polar surface area (TPSA) is 52.6 Å². The SMILES string of the molecule is COc1ccc(COC(=O)C(C)C(=O)Cl)cc1. The van der Waals surface area contributed by atoms with Gasteiger partial charge in [-0.3, -0.25) is 9.59 Å². The van der Waals surface area contributed by atoms with E-state index in [1.807, 2.05) is 0 Å². The molecule has 1 aromatic carbocycles. The summed E-state index contributed by atoms with van der Waals surface area (Å²) in [5.74, 6) is -0.833. The fourth-order valence-corrected chi connectivity index (χ4v) is 1.18. The average molecular weight is 257 g/mol. The highest BCUT2D eigenvalue weighted by Gasteiger charge is 2.20. The van der Waals surface area contributed by atoms with Crippen LogP contribution in [0.4, 0.5) is 0 Å². The van der Waals surface area contributed by atoms with E-state index < -0.39 is 17.1 Å². The number of ether oxygens (including phenoxy) is 2. The second kappa shape index (κ2) is 6.25. The molecule has 0 saturated carbocycles. The minimum absolute atomic E-state index is 0.108. The molecule has 1 atom stereocenters. The van der Waals surface area contributed by atoms with Crippen molar-refractivity contribution in [2.75, 3.05) is 7.11 Å². The monoisotopic (exact) mass is 256 g/mol. The summed E-state index contributed by atoms with van der Waals surface area (Å²) in [7, 11) is 1.57. The van der Waals surface area contributed by atoms with Gasteiger partial charge in [-0.15, -0.1) is 0 Å². The van der Waals surface area contributed by atoms with Gasteiger partial charge in [-0.25, -0.2) is 0 Å². The number of benzene rings is 1. The normalized spacial score (nSPS) is 11.7. The van der Waals surface area contributed by atoms with Gasteiger partial charge < -0.3 is 9.47 Å². The van der Waals surface area contributed by atoms with Crippen molar-refractivity contribution in [3.63, 3.8) is 0 Å². The predicted octanol–water partition coefficient (Wildman–Crippen LogP) is 2.14. The molecule has 0 saturated heterocycles. The zero-order chi connectivity index (χ0) is 12.8. The van der Waals surface area contributed by atoms with Gasteiger partial charge in [0.15, 0.2) is 0 Å². The van der Waals surface area contributed by atoms with E-state index in [2.05, 4.69) is 0 Å². The molecule has 0 heterocycles. The smallest absolute Gasteiger partial charge is 0.317 e. The zero-order valence-corrected chi connectivity index (χ0v) is 10.4. The first-order valence-corrected chi connectivity index (χ1v) is 5.41. The molecule has 92 valence electrons. The van der Waals surface area contributed by atoms with Crippen molar-refractivity contribution in [3.05, 3.63) is 29.8 Å². The highest BCUT2D eigenvalue weighted by molar-refractivity contribution is 6.65. The van der Waals surface area contributed by atoms with Gasteiger partial charge in [-0.2, -0.15) is 0 Å². The van der Waals surface area contributed by atoms with E-state index in [0.717, 1.165) is 11.3 Å². The van der Waals surface area contributed by atoms with Gasteiger partial charge in [-0.05, 0) is 36.2 Å². The van der Waals surface area contributed by atoms with Crippen LogP contribution in [-0.2, 0) is 20.9 Å². The van der Waals surface area contributed by atoms with Gasteiger partial charge in [0.25, 0.3) is 0 Å². The van der Waals surface area contributed by atoms with Crippen molar-refractivity contribution >= 4 is 22.8 Å². The standard InChI is InChI=1S/C12H13ClO4/c1-8(11(13)14)12(15)17-7-9-3-5-10(16-2)6-4-9/h3-6,8H,7H2,1-2H3. The quantitative estimate of drug-likeness (QED) is 0.460. The van der Waals surface area contributed by atoms with Crippen molar-refractivity contribution in [2.24, 2.45) is 5.92 Å². The second-order valence-corrected chi connectivity index (χ2v) is 3.85. The molecule has 0 N–H and O–H groups in total. The summed E-state index contributed by atoms with van der Waals surface area (Å²) in [5, 5.41) is -0.718. The minimum Gasteiger partial charge on any atom is -0.497 e. The number of carbonyl (C=O) groups is 2. The van der Waals surface area contributed by atoms with Crippen LogP contribution >= 0.6 is 11.6 Å². The van der Waals surface area contributed by atoms with Gasteiger partial charge in [0.05, 0.1) is 7.11 Å². The van der Waals surface area contributed by atoms with E-state index in [0.29, 0.717) is 0 Å². The highest BCUT2D eigenvalue weighted by atomic mass is 35.5. The van der Waals surface area contributed by atoms with Crippen molar-refractivity contribution in [1.29, 1.82) is 0 Å². The van der Waals surface area contributed by atoms with E-state index in [9.17, 15) is 9.59 Å². The lowest BCUT2D eigenvalue weighted by molar-refractivity contribution is -0.150. The number of carbonyl (C=O) groups excluding carboxylic acids is 2. The van der Waals surface area contributed by atoms with Crippen LogP contribution in [0.25, 0.3) is 0 Å². The molecule has 5 heteroatoms. The van der Waals surface area contributed by atoms with Crippen LogP contribution in [0, 0.1) is 5.92 Å². The molecule has 0 fully saturated rings. The van der Waals surface area contributed by atoms with Crippen LogP contribution in [0.15, 0.2) is 24.3 Å². The number of methoxy groups -OCH3 is 1. The van der Waals surface area contributed by atoms with E-state index >= 15 is 0 Å². The summed E-state index contributed by atoms with van der Waals surface area (Å²) in [6, 6.07) is 7.08. The molecule has 1 rings (SSSR count). The van der Waals surface area contributed by atoms with Gasteiger partial charge in [-0.1, -0.05) is 12.1 Å². The van der Waals surface area contributed by atoms with Gasteiger partial charge in [0.2, 0.25) is 5.24 Å². The fourth-order valence-electron chi connectivity index (χ4n) is 1.09. The Labute approximate surface area is 104 Å². The highest BCUT2D eigenvalue weighted by Crippen LogP contribution is 2.13. The van der Waals surface area contributed by atoms with E-state index in [1.54, 1.807) is 31.4 Å². The Morgan fingerprint density at radius 1 is 1.29 bits per heavy atom. The summed E-state index contributed by atoms with van der Waals surface area (Å²) in [6.45, 7) is 1.52. The third-order valence-electron chi connectivity index (χ3n) is 2.23. The van der Waals surface area contributed by atoms with Crippen LogP contribution in [0.5, 0.6) is 5.75 Å². The maximum absolute atomic E-state index is 11.3. The first-order chi connectivity index (χ1) is 8.04. The Kier molecular flexibility index (Phi) is 4.97. The summed E-state index contributed by atoms with van der Waals surface area (Å²) in [4.78, 5) is 22.1. The molecule has 0 amide bonds. The van der Waals surface area contributed by atoms with Crippen LogP contribution in [-0.4, -0.2) is 18.3 Å². The largest absolute Gasteiger partial charge is 0.497 e.